The van der Waals surface area contributed by atoms with Crippen molar-refractivity contribution < 1.29 is 4.79 Å². The largest absolute Gasteiger partial charge is 0.311 e. The highest BCUT2D eigenvalue weighted by molar-refractivity contribution is 7.15. The number of hydrogen-bond acceptors (Lipinski definition) is 4. The topological polar surface area (TPSA) is 54.0 Å². The highest BCUT2D eigenvalue weighted by Gasteiger charge is 2.15. The van der Waals surface area contributed by atoms with E-state index in [2.05, 4.69) is 15.6 Å². The van der Waals surface area contributed by atoms with Gasteiger partial charge in [-0.1, -0.05) is 23.7 Å². The molecule has 0 fully saturated rings. The maximum Gasteiger partial charge on any atom is 0.250 e. The summed E-state index contributed by atoms with van der Waals surface area (Å²) < 4.78 is 0. The van der Waals surface area contributed by atoms with Gasteiger partial charge in [0.15, 0.2) is 5.13 Å². The predicted octanol–water partition coefficient (Wildman–Crippen LogP) is 3.09. The van der Waals surface area contributed by atoms with Crippen molar-refractivity contribution in [3.8, 4) is 0 Å². The number of rotatable bonds is 3. The van der Waals surface area contributed by atoms with Gasteiger partial charge in [-0.3, -0.25) is 10.1 Å². The molecule has 1 aromatic heterocycles. The number of amides is 1. The first-order valence-corrected chi connectivity index (χ1v) is 7.84. The summed E-state index contributed by atoms with van der Waals surface area (Å²) in [6.07, 6.45) is 4.17. The van der Waals surface area contributed by atoms with Crippen LogP contribution < -0.4 is 10.6 Å². The van der Waals surface area contributed by atoms with Crippen LogP contribution in [-0.4, -0.2) is 17.4 Å². The second-order valence-electron chi connectivity index (χ2n) is 4.69. The summed E-state index contributed by atoms with van der Waals surface area (Å²) in [4.78, 5) is 17.6. The van der Waals surface area contributed by atoms with Crippen molar-refractivity contribution in [2.45, 2.75) is 13.0 Å². The van der Waals surface area contributed by atoms with E-state index in [4.69, 9.17) is 11.6 Å². The molecule has 2 N–H and O–H groups in total. The lowest BCUT2D eigenvalue weighted by molar-refractivity contribution is -0.111. The van der Waals surface area contributed by atoms with E-state index in [1.54, 1.807) is 18.2 Å². The van der Waals surface area contributed by atoms with Gasteiger partial charge in [0.2, 0.25) is 5.91 Å². The van der Waals surface area contributed by atoms with Crippen LogP contribution in [0.15, 0.2) is 30.3 Å². The summed E-state index contributed by atoms with van der Waals surface area (Å²) in [5.41, 5.74) is 2.02. The predicted molar refractivity (Wildman–Crippen MR) is 86.6 cm³/mol. The number of nitrogens with one attached hydrogen (secondary N) is 2. The molecule has 1 amide bonds. The number of thiazole rings is 1. The van der Waals surface area contributed by atoms with Crippen molar-refractivity contribution >= 4 is 40.1 Å². The molecule has 0 saturated carbocycles. The lowest BCUT2D eigenvalue weighted by Crippen LogP contribution is -2.22. The van der Waals surface area contributed by atoms with Crippen molar-refractivity contribution in [3.63, 3.8) is 0 Å². The zero-order valence-electron chi connectivity index (χ0n) is 11.2. The lowest BCUT2D eigenvalue weighted by atomic mass is 10.2. The van der Waals surface area contributed by atoms with Crippen molar-refractivity contribution in [1.82, 2.24) is 10.3 Å². The third-order valence-electron chi connectivity index (χ3n) is 3.13. The Morgan fingerprint density at radius 3 is 2.95 bits per heavy atom. The van der Waals surface area contributed by atoms with E-state index in [0.717, 1.165) is 30.8 Å². The molecule has 0 bridgehead atoms. The molecule has 2 heterocycles. The summed E-state index contributed by atoms with van der Waals surface area (Å²) in [6.45, 7) is 1.78. The van der Waals surface area contributed by atoms with Gasteiger partial charge >= 0.3 is 0 Å². The number of aromatic nitrogens is 1. The smallest absolute Gasteiger partial charge is 0.250 e. The van der Waals surface area contributed by atoms with Crippen molar-refractivity contribution in [2.75, 3.05) is 11.9 Å². The SMILES string of the molecule is O=C(/C=C/c1ccc(Cl)cc1)Nc1nc2c(s1)CNCC2. The van der Waals surface area contributed by atoms with Gasteiger partial charge < -0.3 is 5.32 Å². The monoisotopic (exact) mass is 319 g/mol. The number of carbonyl (C=O) groups excluding carboxylic acids is 1. The fourth-order valence-electron chi connectivity index (χ4n) is 2.07. The second kappa shape index (κ2) is 6.39. The van der Waals surface area contributed by atoms with Crippen LogP contribution in [0.2, 0.25) is 5.02 Å². The molecule has 2 aromatic rings. The Labute approximate surface area is 131 Å². The molecule has 108 valence electrons. The van der Waals surface area contributed by atoms with E-state index >= 15 is 0 Å². The summed E-state index contributed by atoms with van der Waals surface area (Å²) in [5.74, 6) is -0.177. The normalized spacial score (nSPS) is 14.1. The first kappa shape index (κ1) is 14.3. The highest BCUT2D eigenvalue weighted by atomic mass is 35.5. The molecule has 0 spiro atoms. The zero-order chi connectivity index (χ0) is 14.7. The van der Waals surface area contributed by atoms with E-state index in [-0.39, 0.29) is 5.91 Å². The molecule has 4 nitrogen and oxygen atoms in total. The molecule has 21 heavy (non-hydrogen) atoms. The second-order valence-corrected chi connectivity index (χ2v) is 6.21. The van der Waals surface area contributed by atoms with E-state index in [0.29, 0.717) is 10.2 Å². The van der Waals surface area contributed by atoms with Crippen LogP contribution in [0.4, 0.5) is 5.13 Å². The van der Waals surface area contributed by atoms with Crippen LogP contribution in [0.25, 0.3) is 6.08 Å². The maximum absolute atomic E-state index is 11.9. The molecule has 1 aliphatic heterocycles. The Hall–Kier alpha value is -1.69. The van der Waals surface area contributed by atoms with Crippen molar-refractivity contribution in [2.24, 2.45) is 0 Å². The van der Waals surface area contributed by atoms with E-state index in [1.165, 1.54) is 22.3 Å². The van der Waals surface area contributed by atoms with Gasteiger partial charge in [0.05, 0.1) is 5.69 Å². The van der Waals surface area contributed by atoms with Crippen LogP contribution >= 0.6 is 22.9 Å². The molecule has 0 unspecified atom stereocenters. The molecular formula is C15H14ClN3OS. The molecule has 0 saturated heterocycles. The first-order chi connectivity index (χ1) is 10.2. The van der Waals surface area contributed by atoms with Gasteiger partial charge in [-0.05, 0) is 23.8 Å². The van der Waals surface area contributed by atoms with Gasteiger partial charge in [0, 0.05) is 35.5 Å². The molecule has 0 aliphatic carbocycles. The van der Waals surface area contributed by atoms with Gasteiger partial charge in [-0.15, -0.1) is 11.3 Å². The maximum atomic E-state index is 11.9. The number of fused-ring (bicyclic) bond motifs is 1. The molecule has 3 rings (SSSR count). The number of hydrogen-bond donors (Lipinski definition) is 2. The van der Waals surface area contributed by atoms with Crippen molar-refractivity contribution in [1.29, 1.82) is 0 Å². The van der Waals surface area contributed by atoms with Crippen LogP contribution in [0.5, 0.6) is 0 Å². The Balaban J connectivity index is 1.63. The number of nitrogens with zero attached hydrogens (tertiary/aromatic N) is 1. The Morgan fingerprint density at radius 1 is 1.38 bits per heavy atom. The molecule has 0 atom stereocenters. The van der Waals surface area contributed by atoms with E-state index in [9.17, 15) is 4.79 Å². The highest BCUT2D eigenvalue weighted by Crippen LogP contribution is 2.25. The van der Waals surface area contributed by atoms with Crippen LogP contribution in [-0.2, 0) is 17.8 Å². The summed E-state index contributed by atoms with van der Waals surface area (Å²) in [7, 11) is 0. The van der Waals surface area contributed by atoms with E-state index < -0.39 is 0 Å². The summed E-state index contributed by atoms with van der Waals surface area (Å²) in [5, 5.41) is 7.44. The standard InChI is InChI=1S/C15H14ClN3OS/c16-11-4-1-10(2-5-11)3-6-14(20)19-15-18-12-7-8-17-9-13(12)21-15/h1-6,17H,7-9H2,(H,18,19,20)/b6-3+. The van der Waals surface area contributed by atoms with E-state index in [1.807, 2.05) is 12.1 Å². The van der Waals surface area contributed by atoms with Gasteiger partial charge in [0.1, 0.15) is 0 Å². The van der Waals surface area contributed by atoms with Crippen LogP contribution in [0, 0.1) is 0 Å². The quantitative estimate of drug-likeness (QED) is 0.855. The molecule has 1 aromatic carbocycles. The number of benzene rings is 1. The minimum atomic E-state index is -0.177. The summed E-state index contributed by atoms with van der Waals surface area (Å²) >= 11 is 7.35. The Kier molecular flexibility index (Phi) is 4.34. The lowest BCUT2D eigenvalue weighted by Gasteiger charge is -2.09. The minimum Gasteiger partial charge on any atom is -0.311 e. The minimum absolute atomic E-state index is 0.177. The fourth-order valence-corrected chi connectivity index (χ4v) is 3.18. The van der Waals surface area contributed by atoms with Gasteiger partial charge in [-0.25, -0.2) is 4.98 Å². The van der Waals surface area contributed by atoms with Gasteiger partial charge in [0.25, 0.3) is 0 Å². The van der Waals surface area contributed by atoms with Gasteiger partial charge in [-0.2, -0.15) is 0 Å². The first-order valence-electron chi connectivity index (χ1n) is 6.64. The van der Waals surface area contributed by atoms with Crippen LogP contribution in [0.1, 0.15) is 16.1 Å². The third-order valence-corrected chi connectivity index (χ3v) is 4.39. The fraction of sp³-hybridized carbons (Fsp3) is 0.200. The number of carbonyl (C=O) groups is 1. The Bertz CT molecular complexity index is 655. The number of halogens is 1. The average Bonchev–Trinajstić information content (AvgIpc) is 2.88. The molecular weight excluding hydrogens is 306 g/mol. The molecule has 0 radical (unpaired) electrons. The molecule has 6 heteroatoms. The Morgan fingerprint density at radius 2 is 2.19 bits per heavy atom. The average molecular weight is 320 g/mol. The third kappa shape index (κ3) is 3.69. The summed E-state index contributed by atoms with van der Waals surface area (Å²) in [6, 6.07) is 7.31. The van der Waals surface area contributed by atoms with Crippen molar-refractivity contribution in [3.05, 3.63) is 51.5 Å². The zero-order valence-corrected chi connectivity index (χ0v) is 12.8. The molecule has 1 aliphatic rings. The van der Waals surface area contributed by atoms with Crippen LogP contribution in [0.3, 0.4) is 0 Å². The number of anilines is 1.